The number of ketones is 1. The Labute approximate surface area is 115 Å². The highest BCUT2D eigenvalue weighted by Crippen LogP contribution is 2.18. The lowest BCUT2D eigenvalue weighted by Gasteiger charge is -2.00. The van der Waals surface area contributed by atoms with Gasteiger partial charge in [-0.1, -0.05) is 0 Å². The highest BCUT2D eigenvalue weighted by atomic mass is 16.3. The molecule has 5 heteroatoms. The van der Waals surface area contributed by atoms with Crippen molar-refractivity contribution in [2.75, 3.05) is 0 Å². The number of carbonyl (C=O) groups excluding carboxylic acids is 1. The molecular weight excluding hydrogens is 256 g/mol. The first-order valence-corrected chi connectivity index (χ1v) is 6.25. The van der Waals surface area contributed by atoms with E-state index in [1.54, 1.807) is 55.9 Å². The maximum absolute atomic E-state index is 12.3. The van der Waals surface area contributed by atoms with E-state index in [1.165, 1.54) is 4.57 Å². The first-order chi connectivity index (χ1) is 9.49. The number of aromatic nitrogens is 2. The Morgan fingerprint density at radius 2 is 1.75 bits per heavy atom. The normalized spacial score (nSPS) is 11.2. The second kappa shape index (κ2) is 4.23. The molecule has 0 N–H and O–H groups in total. The molecule has 0 aliphatic heterocycles. The number of aryl methyl sites for hydroxylation is 3. The van der Waals surface area contributed by atoms with Gasteiger partial charge in [-0.2, -0.15) is 0 Å². The van der Waals surface area contributed by atoms with Crippen molar-refractivity contribution in [3.8, 4) is 0 Å². The summed E-state index contributed by atoms with van der Waals surface area (Å²) >= 11 is 0. The highest BCUT2D eigenvalue weighted by Gasteiger charge is 2.15. The van der Waals surface area contributed by atoms with Crippen molar-refractivity contribution in [3.63, 3.8) is 0 Å². The van der Waals surface area contributed by atoms with E-state index >= 15 is 0 Å². The number of hydrogen-bond donors (Lipinski definition) is 0. The largest absolute Gasteiger partial charge is 0.458 e. The number of nitrogens with zero attached hydrogens (tertiary/aromatic N) is 2. The summed E-state index contributed by atoms with van der Waals surface area (Å²) in [7, 11) is 3.40. The molecule has 0 saturated heterocycles. The van der Waals surface area contributed by atoms with Crippen LogP contribution in [0.4, 0.5) is 0 Å². The lowest BCUT2D eigenvalue weighted by atomic mass is 10.1. The summed E-state index contributed by atoms with van der Waals surface area (Å²) in [6.07, 6.45) is 0. The second-order valence-corrected chi connectivity index (χ2v) is 4.84. The number of rotatable bonds is 2. The van der Waals surface area contributed by atoms with E-state index in [4.69, 9.17) is 4.42 Å². The molecule has 2 aromatic heterocycles. The molecule has 5 nitrogen and oxygen atoms in total. The third-order valence-corrected chi connectivity index (χ3v) is 3.50. The van der Waals surface area contributed by atoms with Crippen LogP contribution in [0.1, 0.15) is 21.9 Å². The first-order valence-electron chi connectivity index (χ1n) is 6.25. The second-order valence-electron chi connectivity index (χ2n) is 4.84. The van der Waals surface area contributed by atoms with Gasteiger partial charge in [-0.15, -0.1) is 0 Å². The van der Waals surface area contributed by atoms with Gasteiger partial charge in [0, 0.05) is 19.7 Å². The molecule has 1 aromatic carbocycles. The van der Waals surface area contributed by atoms with Crippen molar-refractivity contribution in [2.45, 2.75) is 6.92 Å². The molecule has 0 atom stereocenters. The number of imidazole rings is 1. The Hall–Kier alpha value is -2.56. The smallest absolute Gasteiger partial charge is 0.328 e. The number of carbonyl (C=O) groups is 1. The monoisotopic (exact) mass is 270 g/mol. The SMILES string of the molecule is Cc1ccc(C(=O)c2ccc3c(c2)n(C)c(=O)n3C)o1. The summed E-state index contributed by atoms with van der Waals surface area (Å²) in [5.41, 5.74) is 1.92. The van der Waals surface area contributed by atoms with Crippen molar-refractivity contribution in [1.82, 2.24) is 9.13 Å². The van der Waals surface area contributed by atoms with Crippen molar-refractivity contribution in [2.24, 2.45) is 14.1 Å². The van der Waals surface area contributed by atoms with E-state index in [0.29, 0.717) is 17.1 Å². The molecule has 0 radical (unpaired) electrons. The standard InChI is InChI=1S/C15H14N2O3/c1-9-4-7-13(20-9)14(18)10-5-6-11-12(8-10)17(3)15(19)16(11)2/h4-8H,1-3H3. The van der Waals surface area contributed by atoms with Gasteiger partial charge in [-0.05, 0) is 37.3 Å². The molecule has 0 spiro atoms. The Morgan fingerprint density at radius 3 is 2.40 bits per heavy atom. The van der Waals surface area contributed by atoms with Crippen LogP contribution in [0.5, 0.6) is 0 Å². The lowest BCUT2D eigenvalue weighted by Crippen LogP contribution is -2.19. The Kier molecular flexibility index (Phi) is 2.64. The van der Waals surface area contributed by atoms with Gasteiger partial charge in [0.15, 0.2) is 5.76 Å². The fourth-order valence-corrected chi connectivity index (χ4v) is 2.35. The zero-order chi connectivity index (χ0) is 14.4. The van der Waals surface area contributed by atoms with Crippen LogP contribution < -0.4 is 5.69 Å². The molecule has 0 fully saturated rings. The van der Waals surface area contributed by atoms with Crippen LogP contribution in [0.25, 0.3) is 11.0 Å². The molecule has 3 aromatic rings. The summed E-state index contributed by atoms with van der Waals surface area (Å²) in [5, 5.41) is 0. The van der Waals surface area contributed by atoms with Gasteiger partial charge in [0.2, 0.25) is 5.78 Å². The average molecular weight is 270 g/mol. The van der Waals surface area contributed by atoms with Crippen molar-refractivity contribution in [3.05, 3.63) is 57.9 Å². The van der Waals surface area contributed by atoms with Crippen LogP contribution in [-0.4, -0.2) is 14.9 Å². The third kappa shape index (κ3) is 1.71. The molecule has 0 amide bonds. The van der Waals surface area contributed by atoms with E-state index in [1.807, 2.05) is 0 Å². The Bertz CT molecular complexity index is 880. The first kappa shape index (κ1) is 12.5. The Balaban J connectivity index is 2.16. The van der Waals surface area contributed by atoms with Gasteiger partial charge < -0.3 is 4.42 Å². The van der Waals surface area contributed by atoms with Gasteiger partial charge in [0.05, 0.1) is 11.0 Å². The number of hydrogen-bond acceptors (Lipinski definition) is 3. The fourth-order valence-electron chi connectivity index (χ4n) is 2.35. The fraction of sp³-hybridized carbons (Fsp3) is 0.200. The topological polar surface area (TPSA) is 57.1 Å². The van der Waals surface area contributed by atoms with Crippen LogP contribution in [0.15, 0.2) is 39.5 Å². The lowest BCUT2D eigenvalue weighted by molar-refractivity contribution is 0.101. The molecule has 20 heavy (non-hydrogen) atoms. The predicted molar refractivity (Wildman–Crippen MR) is 75.0 cm³/mol. The summed E-state index contributed by atoms with van der Waals surface area (Å²) < 4.78 is 8.43. The molecule has 0 aliphatic carbocycles. The van der Waals surface area contributed by atoms with Gasteiger partial charge >= 0.3 is 5.69 Å². The molecule has 3 rings (SSSR count). The number of furan rings is 1. The van der Waals surface area contributed by atoms with Gasteiger partial charge in [-0.25, -0.2) is 4.79 Å². The van der Waals surface area contributed by atoms with Crippen LogP contribution in [-0.2, 0) is 14.1 Å². The van der Waals surface area contributed by atoms with Crippen LogP contribution in [0.3, 0.4) is 0 Å². The zero-order valence-electron chi connectivity index (χ0n) is 11.5. The molecule has 102 valence electrons. The van der Waals surface area contributed by atoms with Crippen molar-refractivity contribution in [1.29, 1.82) is 0 Å². The Morgan fingerprint density at radius 1 is 1.05 bits per heavy atom. The van der Waals surface area contributed by atoms with E-state index in [-0.39, 0.29) is 11.5 Å². The summed E-state index contributed by atoms with van der Waals surface area (Å²) in [6.45, 7) is 1.79. The summed E-state index contributed by atoms with van der Waals surface area (Å²) in [5.74, 6) is 0.820. The molecule has 0 aliphatic rings. The van der Waals surface area contributed by atoms with E-state index < -0.39 is 0 Å². The quantitative estimate of drug-likeness (QED) is 0.669. The minimum atomic E-state index is -0.184. The van der Waals surface area contributed by atoms with E-state index in [0.717, 1.165) is 11.0 Å². The molecule has 0 saturated carbocycles. The van der Waals surface area contributed by atoms with Gasteiger partial charge in [-0.3, -0.25) is 13.9 Å². The van der Waals surface area contributed by atoms with Crippen molar-refractivity contribution < 1.29 is 9.21 Å². The van der Waals surface area contributed by atoms with Crippen LogP contribution >= 0.6 is 0 Å². The van der Waals surface area contributed by atoms with Crippen LogP contribution in [0, 0.1) is 6.92 Å². The molecule has 2 heterocycles. The predicted octanol–water partition coefficient (Wildman–Crippen LogP) is 2.01. The van der Waals surface area contributed by atoms with Crippen LogP contribution in [0.2, 0.25) is 0 Å². The number of fused-ring (bicyclic) bond motifs is 1. The molecule has 0 unspecified atom stereocenters. The highest BCUT2D eigenvalue weighted by molar-refractivity contribution is 6.08. The summed E-state index contributed by atoms with van der Waals surface area (Å²) in [6, 6.07) is 8.62. The van der Waals surface area contributed by atoms with E-state index in [9.17, 15) is 9.59 Å². The number of benzene rings is 1. The zero-order valence-corrected chi connectivity index (χ0v) is 11.5. The third-order valence-electron chi connectivity index (χ3n) is 3.50. The average Bonchev–Trinajstić information content (AvgIpc) is 2.97. The minimum absolute atomic E-state index is 0.113. The molecular formula is C15H14N2O3. The minimum Gasteiger partial charge on any atom is -0.458 e. The maximum atomic E-state index is 12.3. The van der Waals surface area contributed by atoms with Gasteiger partial charge in [0.1, 0.15) is 5.76 Å². The summed E-state index contributed by atoms with van der Waals surface area (Å²) in [4.78, 5) is 24.2. The molecule has 0 bridgehead atoms. The van der Waals surface area contributed by atoms with E-state index in [2.05, 4.69) is 0 Å². The maximum Gasteiger partial charge on any atom is 0.328 e. The van der Waals surface area contributed by atoms with Gasteiger partial charge in [0.25, 0.3) is 0 Å². The van der Waals surface area contributed by atoms with Crippen molar-refractivity contribution >= 4 is 16.8 Å².